The Morgan fingerprint density at radius 3 is 2.41 bits per heavy atom. The molecule has 5 aliphatic rings. The van der Waals surface area contributed by atoms with Gasteiger partial charge in [0.25, 0.3) is 0 Å². The van der Waals surface area contributed by atoms with E-state index >= 15 is 0 Å². The van der Waals surface area contributed by atoms with Crippen LogP contribution in [-0.2, 0) is 26.7 Å². The molecule has 0 aromatic heterocycles. The van der Waals surface area contributed by atoms with Crippen molar-refractivity contribution in [1.29, 1.82) is 0 Å². The van der Waals surface area contributed by atoms with E-state index < -0.39 is 10.0 Å². The van der Waals surface area contributed by atoms with Crippen molar-refractivity contribution in [3.8, 4) is 0 Å². The van der Waals surface area contributed by atoms with E-state index in [2.05, 4.69) is 49.9 Å². The van der Waals surface area contributed by atoms with Crippen molar-refractivity contribution < 1.29 is 13.2 Å². The highest BCUT2D eigenvalue weighted by Gasteiger charge is 2.68. The summed E-state index contributed by atoms with van der Waals surface area (Å²) >= 11 is 0. The standard InChI is InChI=1S/C28H40N2O3S/c1-20-8-9-25(31)30(20)24-18-22-11-13-28(24,26(22,2)3)19-34(32,33)29-16-14-27(15-17-29)12-10-21-6-4-5-7-23(21)27/h4-7,20,22,24H,8-19H2,1-3H3/t20?,22-,24+,28-/m1/s1. The molecule has 3 aliphatic carbocycles. The van der Waals surface area contributed by atoms with Crippen LogP contribution in [0.4, 0.5) is 0 Å². The van der Waals surface area contributed by atoms with Crippen molar-refractivity contribution in [2.45, 2.75) is 96.1 Å². The van der Waals surface area contributed by atoms with Crippen molar-refractivity contribution >= 4 is 15.9 Å². The van der Waals surface area contributed by atoms with Crippen LogP contribution in [0.2, 0.25) is 0 Å². The van der Waals surface area contributed by atoms with Gasteiger partial charge in [0, 0.05) is 37.0 Å². The van der Waals surface area contributed by atoms with E-state index in [1.54, 1.807) is 0 Å². The van der Waals surface area contributed by atoms with Gasteiger partial charge in [-0.3, -0.25) is 4.79 Å². The number of hydrogen-bond donors (Lipinski definition) is 0. The Balaban J connectivity index is 1.25. The fraction of sp³-hybridized carbons (Fsp3) is 0.750. The molecule has 5 nitrogen and oxygen atoms in total. The van der Waals surface area contributed by atoms with Gasteiger partial charge in [0.2, 0.25) is 15.9 Å². The zero-order valence-electron chi connectivity index (χ0n) is 21.1. The van der Waals surface area contributed by atoms with Crippen molar-refractivity contribution in [3.63, 3.8) is 0 Å². The summed E-state index contributed by atoms with van der Waals surface area (Å²) in [6.07, 6.45) is 8.62. The van der Waals surface area contributed by atoms with E-state index in [9.17, 15) is 13.2 Å². The van der Waals surface area contributed by atoms with Crippen LogP contribution in [0.3, 0.4) is 0 Å². The van der Waals surface area contributed by atoms with Crippen LogP contribution < -0.4 is 0 Å². The number of hydrogen-bond acceptors (Lipinski definition) is 3. The first-order valence-electron chi connectivity index (χ1n) is 13.5. The highest BCUT2D eigenvalue weighted by molar-refractivity contribution is 7.89. The molecule has 0 radical (unpaired) electrons. The highest BCUT2D eigenvalue weighted by atomic mass is 32.2. The smallest absolute Gasteiger partial charge is 0.223 e. The first-order valence-corrected chi connectivity index (χ1v) is 15.1. The Kier molecular flexibility index (Phi) is 5.11. The van der Waals surface area contributed by atoms with Crippen LogP contribution in [0, 0.1) is 16.7 Å². The van der Waals surface area contributed by atoms with E-state index in [4.69, 9.17) is 0 Å². The molecule has 2 saturated heterocycles. The summed E-state index contributed by atoms with van der Waals surface area (Å²) < 4.78 is 29.8. The number of nitrogens with zero attached hydrogens (tertiary/aromatic N) is 2. The largest absolute Gasteiger partial charge is 0.336 e. The molecule has 186 valence electrons. The van der Waals surface area contributed by atoms with Crippen molar-refractivity contribution in [2.75, 3.05) is 18.8 Å². The normalized spacial score (nSPS) is 36.5. The van der Waals surface area contributed by atoms with E-state index in [0.29, 0.717) is 25.4 Å². The molecule has 1 unspecified atom stereocenters. The summed E-state index contributed by atoms with van der Waals surface area (Å²) in [6.45, 7) is 7.97. The zero-order valence-corrected chi connectivity index (χ0v) is 21.9. The maximum Gasteiger partial charge on any atom is 0.223 e. The first kappa shape index (κ1) is 23.0. The minimum absolute atomic E-state index is 0.0608. The molecule has 0 N–H and O–H groups in total. The number of carbonyl (C=O) groups excluding carboxylic acids is 1. The monoisotopic (exact) mass is 484 g/mol. The number of rotatable bonds is 4. The topological polar surface area (TPSA) is 57.7 Å². The number of likely N-dealkylation sites (tertiary alicyclic amines) is 1. The summed E-state index contributed by atoms with van der Waals surface area (Å²) in [7, 11) is -3.41. The number of fused-ring (bicyclic) bond motifs is 4. The minimum atomic E-state index is -3.41. The second-order valence-corrected chi connectivity index (χ2v) is 14.6. The summed E-state index contributed by atoms with van der Waals surface area (Å²) in [5.74, 6) is 0.944. The number of piperidine rings is 1. The van der Waals surface area contributed by atoms with Gasteiger partial charge in [0.1, 0.15) is 0 Å². The number of carbonyl (C=O) groups is 1. The first-order chi connectivity index (χ1) is 16.1. The van der Waals surface area contributed by atoms with Crippen LogP contribution in [0.1, 0.15) is 83.3 Å². The molecule has 6 heteroatoms. The van der Waals surface area contributed by atoms with Crippen molar-refractivity contribution in [2.24, 2.45) is 16.7 Å². The fourth-order valence-corrected chi connectivity index (χ4v) is 11.3. The predicted octanol–water partition coefficient (Wildman–Crippen LogP) is 4.50. The molecule has 2 aliphatic heterocycles. The molecule has 1 aromatic rings. The van der Waals surface area contributed by atoms with Gasteiger partial charge >= 0.3 is 0 Å². The van der Waals surface area contributed by atoms with Crippen LogP contribution in [0.5, 0.6) is 0 Å². The molecule has 2 bridgehead atoms. The van der Waals surface area contributed by atoms with Crippen LogP contribution in [-0.4, -0.2) is 54.5 Å². The van der Waals surface area contributed by atoms with Crippen LogP contribution >= 0.6 is 0 Å². The Morgan fingerprint density at radius 1 is 1.00 bits per heavy atom. The molecule has 1 aromatic carbocycles. The summed E-state index contributed by atoms with van der Waals surface area (Å²) in [4.78, 5) is 15.0. The second kappa shape index (κ2) is 7.55. The van der Waals surface area contributed by atoms with Gasteiger partial charge in [-0.25, -0.2) is 12.7 Å². The SMILES string of the molecule is CC1CCC(=O)N1[C@H]1C[C@H]2CC[C@]1(CS(=O)(=O)N1CCC3(CCc4ccccc43)CC1)C2(C)C. The lowest BCUT2D eigenvalue weighted by Crippen LogP contribution is -2.56. The number of benzene rings is 1. The Bertz CT molecular complexity index is 1100. The zero-order chi connectivity index (χ0) is 23.9. The average molecular weight is 485 g/mol. The molecule has 4 fully saturated rings. The Labute approximate surface area is 205 Å². The van der Waals surface area contributed by atoms with E-state index in [1.807, 2.05) is 4.31 Å². The van der Waals surface area contributed by atoms with Crippen LogP contribution in [0.25, 0.3) is 0 Å². The van der Waals surface area contributed by atoms with Gasteiger partial charge in [-0.2, -0.15) is 0 Å². The molecule has 2 saturated carbocycles. The Morgan fingerprint density at radius 2 is 1.74 bits per heavy atom. The van der Waals surface area contributed by atoms with Crippen molar-refractivity contribution in [1.82, 2.24) is 9.21 Å². The van der Waals surface area contributed by atoms with Gasteiger partial charge in [0.15, 0.2) is 0 Å². The highest BCUT2D eigenvalue weighted by Crippen LogP contribution is 2.68. The van der Waals surface area contributed by atoms with Crippen molar-refractivity contribution in [3.05, 3.63) is 35.4 Å². The maximum atomic E-state index is 14.0. The van der Waals surface area contributed by atoms with Gasteiger partial charge < -0.3 is 4.90 Å². The maximum absolute atomic E-state index is 14.0. The molecule has 1 amide bonds. The fourth-order valence-electron chi connectivity index (χ4n) is 8.98. The quantitative estimate of drug-likeness (QED) is 0.632. The minimum Gasteiger partial charge on any atom is -0.336 e. The van der Waals surface area contributed by atoms with Gasteiger partial charge in [-0.15, -0.1) is 0 Å². The molecular weight excluding hydrogens is 444 g/mol. The van der Waals surface area contributed by atoms with Gasteiger partial charge in [0.05, 0.1) is 5.75 Å². The molecule has 2 heterocycles. The Hall–Kier alpha value is -1.40. The van der Waals surface area contributed by atoms with Crippen LogP contribution in [0.15, 0.2) is 24.3 Å². The van der Waals surface area contributed by atoms with Gasteiger partial charge in [-0.05, 0) is 86.2 Å². The average Bonchev–Trinajstić information content (AvgIpc) is 3.46. The lowest BCUT2D eigenvalue weighted by atomic mass is 9.68. The molecule has 34 heavy (non-hydrogen) atoms. The summed E-state index contributed by atoms with van der Waals surface area (Å²) in [5, 5.41) is 0. The molecule has 4 atom stereocenters. The second-order valence-electron chi connectivity index (χ2n) is 12.6. The third kappa shape index (κ3) is 3.06. The predicted molar refractivity (Wildman–Crippen MR) is 134 cm³/mol. The van der Waals surface area contributed by atoms with E-state index in [0.717, 1.165) is 51.4 Å². The molecule has 1 spiro atoms. The van der Waals surface area contributed by atoms with E-state index in [-0.39, 0.29) is 40.0 Å². The summed E-state index contributed by atoms with van der Waals surface area (Å²) in [5.41, 5.74) is 2.68. The number of aryl methyl sites for hydroxylation is 1. The summed E-state index contributed by atoms with van der Waals surface area (Å²) in [6, 6.07) is 9.06. The van der Waals surface area contributed by atoms with E-state index in [1.165, 1.54) is 11.1 Å². The third-order valence-corrected chi connectivity index (χ3v) is 13.3. The third-order valence-electron chi connectivity index (χ3n) is 11.2. The number of sulfonamides is 1. The lowest BCUT2D eigenvalue weighted by Gasteiger charge is -2.48. The molecule has 6 rings (SSSR count). The van der Waals surface area contributed by atoms with Gasteiger partial charge in [-0.1, -0.05) is 38.1 Å². The molecular formula is C28H40N2O3S. The lowest BCUT2D eigenvalue weighted by molar-refractivity contribution is -0.134. The number of amides is 1.